The smallest absolute Gasteiger partial charge is 0.0445 e. The molecule has 96 valence electrons. The average molecular weight is 235 g/mol. The molecule has 0 bridgehead atoms. The predicted molar refractivity (Wildman–Crippen MR) is 73.1 cm³/mol. The van der Waals surface area contributed by atoms with Crippen LogP contribution >= 0.6 is 0 Å². The Morgan fingerprint density at radius 3 is 2.24 bits per heavy atom. The van der Waals surface area contributed by atoms with E-state index in [1.165, 1.54) is 11.1 Å². The summed E-state index contributed by atoms with van der Waals surface area (Å²) >= 11 is 0. The van der Waals surface area contributed by atoms with E-state index in [0.29, 0.717) is 12.1 Å². The van der Waals surface area contributed by atoms with Crippen LogP contribution in [0.25, 0.3) is 0 Å². The minimum atomic E-state index is 0.260. The Morgan fingerprint density at radius 2 is 1.76 bits per heavy atom. The fourth-order valence-corrected chi connectivity index (χ4v) is 2.09. The van der Waals surface area contributed by atoms with E-state index >= 15 is 0 Å². The molecule has 0 fully saturated rings. The van der Waals surface area contributed by atoms with Crippen molar-refractivity contribution in [1.29, 1.82) is 0 Å². The molecular formula is C15H25NO. The third-order valence-electron chi connectivity index (χ3n) is 3.30. The normalized spacial score (nSPS) is 14.6. The van der Waals surface area contributed by atoms with Crippen molar-refractivity contribution >= 4 is 0 Å². The molecule has 2 nitrogen and oxygen atoms in total. The van der Waals surface area contributed by atoms with Crippen LogP contribution in [0.15, 0.2) is 24.3 Å². The quantitative estimate of drug-likeness (QED) is 0.760. The van der Waals surface area contributed by atoms with Crippen molar-refractivity contribution in [3.05, 3.63) is 35.4 Å². The largest absolute Gasteiger partial charge is 0.396 e. The van der Waals surface area contributed by atoms with Crippen LogP contribution in [0.4, 0.5) is 0 Å². The standard InChI is InChI=1S/C15H25NO/c1-4-14(10-11-17)16-15(5-2)13-8-6-12(3)7-9-13/h6-9,14-17H,4-5,10-11H2,1-3H3. The molecular weight excluding hydrogens is 210 g/mol. The summed E-state index contributed by atoms with van der Waals surface area (Å²) in [6.07, 6.45) is 2.97. The lowest BCUT2D eigenvalue weighted by Crippen LogP contribution is -2.33. The van der Waals surface area contributed by atoms with Gasteiger partial charge in [-0.05, 0) is 31.7 Å². The van der Waals surface area contributed by atoms with Crippen LogP contribution in [0.3, 0.4) is 0 Å². The van der Waals surface area contributed by atoms with E-state index in [1.54, 1.807) is 0 Å². The zero-order chi connectivity index (χ0) is 12.7. The maximum absolute atomic E-state index is 9.02. The number of aryl methyl sites for hydroxylation is 1. The first-order valence-electron chi connectivity index (χ1n) is 6.64. The molecule has 2 unspecified atom stereocenters. The van der Waals surface area contributed by atoms with E-state index in [4.69, 9.17) is 5.11 Å². The van der Waals surface area contributed by atoms with Crippen molar-refractivity contribution in [2.24, 2.45) is 0 Å². The van der Waals surface area contributed by atoms with Gasteiger partial charge in [0.1, 0.15) is 0 Å². The van der Waals surface area contributed by atoms with Crippen LogP contribution in [0, 0.1) is 6.92 Å². The van der Waals surface area contributed by atoms with Gasteiger partial charge in [0, 0.05) is 18.7 Å². The molecule has 0 aliphatic rings. The number of nitrogens with one attached hydrogen (secondary N) is 1. The third kappa shape index (κ3) is 4.49. The van der Waals surface area contributed by atoms with Gasteiger partial charge in [0.15, 0.2) is 0 Å². The van der Waals surface area contributed by atoms with Gasteiger partial charge in [-0.15, -0.1) is 0 Å². The zero-order valence-corrected chi connectivity index (χ0v) is 11.2. The van der Waals surface area contributed by atoms with Crippen molar-refractivity contribution in [3.8, 4) is 0 Å². The minimum absolute atomic E-state index is 0.260. The summed E-state index contributed by atoms with van der Waals surface area (Å²) < 4.78 is 0. The lowest BCUT2D eigenvalue weighted by molar-refractivity contribution is 0.254. The van der Waals surface area contributed by atoms with Crippen molar-refractivity contribution < 1.29 is 5.11 Å². The molecule has 0 heterocycles. The van der Waals surface area contributed by atoms with Gasteiger partial charge in [0.25, 0.3) is 0 Å². The molecule has 1 aromatic rings. The second kappa shape index (κ2) is 7.46. The van der Waals surface area contributed by atoms with Gasteiger partial charge in [-0.3, -0.25) is 0 Å². The molecule has 0 aliphatic heterocycles. The van der Waals surface area contributed by atoms with E-state index in [1.807, 2.05) is 0 Å². The molecule has 2 atom stereocenters. The topological polar surface area (TPSA) is 32.3 Å². The maximum atomic E-state index is 9.02. The average Bonchev–Trinajstić information content (AvgIpc) is 2.36. The van der Waals surface area contributed by atoms with E-state index in [-0.39, 0.29) is 6.61 Å². The highest BCUT2D eigenvalue weighted by molar-refractivity contribution is 5.24. The first-order valence-corrected chi connectivity index (χ1v) is 6.64. The van der Waals surface area contributed by atoms with Crippen molar-refractivity contribution in [2.45, 2.75) is 52.1 Å². The Hall–Kier alpha value is -0.860. The summed E-state index contributed by atoms with van der Waals surface area (Å²) in [5.41, 5.74) is 2.64. The first-order chi connectivity index (χ1) is 8.21. The van der Waals surface area contributed by atoms with Crippen LogP contribution < -0.4 is 5.32 Å². The van der Waals surface area contributed by atoms with E-state index in [9.17, 15) is 0 Å². The number of rotatable bonds is 7. The Balaban J connectivity index is 2.67. The van der Waals surface area contributed by atoms with Crippen LogP contribution in [-0.2, 0) is 0 Å². The first kappa shape index (κ1) is 14.2. The van der Waals surface area contributed by atoms with Crippen molar-refractivity contribution in [3.63, 3.8) is 0 Å². The van der Waals surface area contributed by atoms with E-state index in [2.05, 4.69) is 50.4 Å². The summed E-state index contributed by atoms with van der Waals surface area (Å²) in [7, 11) is 0. The SMILES string of the molecule is CCC(CCO)NC(CC)c1ccc(C)cc1. The second-order valence-electron chi connectivity index (χ2n) is 4.66. The fourth-order valence-electron chi connectivity index (χ4n) is 2.09. The van der Waals surface area contributed by atoms with E-state index < -0.39 is 0 Å². The number of hydrogen-bond donors (Lipinski definition) is 2. The van der Waals surface area contributed by atoms with Crippen LogP contribution in [0.1, 0.15) is 50.3 Å². The highest BCUT2D eigenvalue weighted by Gasteiger charge is 2.13. The Kier molecular flexibility index (Phi) is 6.23. The van der Waals surface area contributed by atoms with Crippen LogP contribution in [-0.4, -0.2) is 17.8 Å². The van der Waals surface area contributed by atoms with Gasteiger partial charge >= 0.3 is 0 Å². The lowest BCUT2D eigenvalue weighted by Gasteiger charge is -2.24. The van der Waals surface area contributed by atoms with Crippen molar-refractivity contribution in [2.75, 3.05) is 6.61 Å². The molecule has 0 radical (unpaired) electrons. The maximum Gasteiger partial charge on any atom is 0.0445 e. The predicted octanol–water partition coefficient (Wildman–Crippen LogP) is 3.20. The minimum Gasteiger partial charge on any atom is -0.396 e. The van der Waals surface area contributed by atoms with E-state index in [0.717, 1.165) is 19.3 Å². The number of hydrogen-bond acceptors (Lipinski definition) is 2. The number of benzene rings is 1. The molecule has 0 aliphatic carbocycles. The van der Waals surface area contributed by atoms with Gasteiger partial charge in [0.2, 0.25) is 0 Å². The van der Waals surface area contributed by atoms with Gasteiger partial charge in [-0.2, -0.15) is 0 Å². The van der Waals surface area contributed by atoms with Crippen molar-refractivity contribution in [1.82, 2.24) is 5.32 Å². The summed E-state index contributed by atoms with van der Waals surface area (Å²) in [6, 6.07) is 9.52. The number of aliphatic hydroxyl groups is 1. The Bertz CT molecular complexity index is 307. The van der Waals surface area contributed by atoms with Crippen LogP contribution in [0.2, 0.25) is 0 Å². The van der Waals surface area contributed by atoms with Gasteiger partial charge in [-0.25, -0.2) is 0 Å². The van der Waals surface area contributed by atoms with Gasteiger partial charge < -0.3 is 10.4 Å². The van der Waals surface area contributed by atoms with Gasteiger partial charge in [0.05, 0.1) is 0 Å². The second-order valence-corrected chi connectivity index (χ2v) is 4.66. The summed E-state index contributed by atoms with van der Waals surface area (Å²) in [5, 5.41) is 12.7. The molecule has 1 aromatic carbocycles. The molecule has 2 heteroatoms. The molecule has 17 heavy (non-hydrogen) atoms. The third-order valence-corrected chi connectivity index (χ3v) is 3.30. The molecule has 0 amide bonds. The molecule has 2 N–H and O–H groups in total. The molecule has 0 aromatic heterocycles. The summed E-state index contributed by atoms with van der Waals surface area (Å²) in [5.74, 6) is 0. The van der Waals surface area contributed by atoms with Gasteiger partial charge in [-0.1, -0.05) is 43.7 Å². The molecule has 1 rings (SSSR count). The summed E-state index contributed by atoms with van der Waals surface area (Å²) in [6.45, 7) is 6.73. The highest BCUT2D eigenvalue weighted by Crippen LogP contribution is 2.19. The number of aliphatic hydroxyl groups excluding tert-OH is 1. The Labute approximate surface area is 105 Å². The summed E-state index contributed by atoms with van der Waals surface area (Å²) in [4.78, 5) is 0. The van der Waals surface area contributed by atoms with Crippen LogP contribution in [0.5, 0.6) is 0 Å². The fraction of sp³-hybridized carbons (Fsp3) is 0.600. The lowest BCUT2D eigenvalue weighted by atomic mass is 10.0. The molecule has 0 spiro atoms. The monoisotopic (exact) mass is 235 g/mol. The Morgan fingerprint density at radius 1 is 1.12 bits per heavy atom. The zero-order valence-electron chi connectivity index (χ0n) is 11.2. The molecule has 0 saturated carbocycles. The highest BCUT2D eigenvalue weighted by atomic mass is 16.3. The molecule has 0 saturated heterocycles.